The predicted octanol–water partition coefficient (Wildman–Crippen LogP) is 1.87. The maximum atomic E-state index is 11.0. The quantitative estimate of drug-likeness (QED) is 0.619. The Hall–Kier alpha value is -0.790. The largest absolute Gasteiger partial charge is 0.350 e. The summed E-state index contributed by atoms with van der Waals surface area (Å²) in [5.74, 6) is 0.0133. The van der Waals surface area contributed by atoms with Gasteiger partial charge in [0.2, 0.25) is 5.91 Å². The Morgan fingerprint density at radius 1 is 1.55 bits per heavy atom. The molecule has 0 heterocycles. The Morgan fingerprint density at radius 2 is 2.09 bits per heavy atom. The van der Waals surface area contributed by atoms with Crippen LogP contribution in [-0.2, 0) is 4.79 Å². The molecule has 2 nitrogen and oxygen atoms in total. The molecule has 0 fully saturated rings. The van der Waals surface area contributed by atoms with Crippen LogP contribution in [0.5, 0.6) is 0 Å². The first-order valence-electron chi connectivity index (χ1n) is 4.01. The monoisotopic (exact) mass is 155 g/mol. The van der Waals surface area contributed by atoms with Gasteiger partial charge in [0, 0.05) is 12.1 Å². The number of amides is 1. The third-order valence-corrected chi connectivity index (χ3v) is 1.42. The molecule has 0 aromatic rings. The second kappa shape index (κ2) is 4.94. The van der Waals surface area contributed by atoms with Crippen molar-refractivity contribution in [3.8, 4) is 0 Å². The van der Waals surface area contributed by atoms with Gasteiger partial charge in [0.25, 0.3) is 0 Å². The van der Waals surface area contributed by atoms with Gasteiger partial charge >= 0.3 is 0 Å². The van der Waals surface area contributed by atoms with Gasteiger partial charge in [0.1, 0.15) is 0 Å². The Balaban J connectivity index is 3.79. The van der Waals surface area contributed by atoms with Crippen LogP contribution < -0.4 is 5.32 Å². The molecule has 0 bridgehead atoms. The smallest absolute Gasteiger partial charge is 0.244 e. The molecule has 0 saturated heterocycles. The zero-order valence-electron chi connectivity index (χ0n) is 7.77. The molecular formula is C9H17NO. The topological polar surface area (TPSA) is 29.1 Å². The molecular weight excluding hydrogens is 138 g/mol. The van der Waals surface area contributed by atoms with Gasteiger partial charge < -0.3 is 5.32 Å². The van der Waals surface area contributed by atoms with Crippen molar-refractivity contribution in [1.29, 1.82) is 0 Å². The van der Waals surface area contributed by atoms with Crippen molar-refractivity contribution in [2.45, 2.75) is 40.2 Å². The highest BCUT2D eigenvalue weighted by Crippen LogP contribution is 1.91. The number of hydrogen-bond acceptors (Lipinski definition) is 1. The minimum Gasteiger partial charge on any atom is -0.350 e. The lowest BCUT2D eigenvalue weighted by atomic mass is 10.2. The standard InChI is InChI=1S/C9H17NO/c1-5-8(4)10-9(11)6-7(2)3/h6,8H,5H2,1-4H3,(H,10,11). The van der Waals surface area contributed by atoms with E-state index in [1.807, 2.05) is 27.7 Å². The molecule has 0 radical (unpaired) electrons. The van der Waals surface area contributed by atoms with Crippen LogP contribution in [0.2, 0.25) is 0 Å². The van der Waals surface area contributed by atoms with E-state index >= 15 is 0 Å². The Bertz CT molecular complexity index is 157. The van der Waals surface area contributed by atoms with E-state index in [1.165, 1.54) is 0 Å². The zero-order chi connectivity index (χ0) is 8.85. The second-order valence-electron chi connectivity index (χ2n) is 3.04. The Morgan fingerprint density at radius 3 is 2.45 bits per heavy atom. The molecule has 1 unspecified atom stereocenters. The van der Waals surface area contributed by atoms with Gasteiger partial charge in [-0.05, 0) is 27.2 Å². The summed E-state index contributed by atoms with van der Waals surface area (Å²) in [6.07, 6.45) is 2.59. The van der Waals surface area contributed by atoms with Gasteiger partial charge in [-0.3, -0.25) is 4.79 Å². The molecule has 0 aromatic carbocycles. The molecule has 0 aliphatic rings. The van der Waals surface area contributed by atoms with Crippen molar-refractivity contribution in [2.24, 2.45) is 0 Å². The van der Waals surface area contributed by atoms with Crippen LogP contribution in [0.4, 0.5) is 0 Å². The number of rotatable bonds is 3. The summed E-state index contributed by atoms with van der Waals surface area (Å²) in [6, 6.07) is 0.276. The maximum Gasteiger partial charge on any atom is 0.244 e. The normalized spacial score (nSPS) is 12.0. The summed E-state index contributed by atoms with van der Waals surface area (Å²) >= 11 is 0. The van der Waals surface area contributed by atoms with Gasteiger partial charge in [0.05, 0.1) is 0 Å². The second-order valence-corrected chi connectivity index (χ2v) is 3.04. The lowest BCUT2D eigenvalue weighted by Gasteiger charge is -2.08. The molecule has 0 rings (SSSR count). The molecule has 1 amide bonds. The molecule has 1 atom stereocenters. The van der Waals surface area contributed by atoms with Crippen LogP contribution in [0.25, 0.3) is 0 Å². The van der Waals surface area contributed by atoms with E-state index < -0.39 is 0 Å². The van der Waals surface area contributed by atoms with E-state index in [0.29, 0.717) is 0 Å². The number of hydrogen-bond donors (Lipinski definition) is 1. The average Bonchev–Trinajstić information content (AvgIpc) is 1.85. The molecule has 2 heteroatoms. The van der Waals surface area contributed by atoms with Crippen LogP contribution >= 0.6 is 0 Å². The predicted molar refractivity (Wildman–Crippen MR) is 47.3 cm³/mol. The van der Waals surface area contributed by atoms with Crippen LogP contribution in [0.15, 0.2) is 11.6 Å². The van der Waals surface area contributed by atoms with Gasteiger partial charge in [-0.25, -0.2) is 0 Å². The summed E-state index contributed by atoms with van der Waals surface area (Å²) in [7, 11) is 0. The third-order valence-electron chi connectivity index (χ3n) is 1.42. The van der Waals surface area contributed by atoms with E-state index in [9.17, 15) is 4.79 Å². The highest BCUT2D eigenvalue weighted by atomic mass is 16.1. The molecule has 0 aliphatic heterocycles. The molecule has 0 saturated carbocycles. The van der Waals surface area contributed by atoms with Crippen LogP contribution in [0.1, 0.15) is 34.1 Å². The summed E-state index contributed by atoms with van der Waals surface area (Å²) in [4.78, 5) is 11.0. The lowest BCUT2D eigenvalue weighted by Crippen LogP contribution is -2.30. The van der Waals surface area contributed by atoms with Crippen LogP contribution in [-0.4, -0.2) is 11.9 Å². The summed E-state index contributed by atoms with van der Waals surface area (Å²) < 4.78 is 0. The minimum atomic E-state index is 0.0133. The fourth-order valence-corrected chi connectivity index (χ4v) is 0.649. The summed E-state index contributed by atoms with van der Waals surface area (Å²) in [5, 5.41) is 2.85. The number of allylic oxidation sites excluding steroid dienone is 1. The SMILES string of the molecule is CCC(C)NC(=O)C=C(C)C. The average molecular weight is 155 g/mol. The van der Waals surface area contributed by atoms with E-state index in [2.05, 4.69) is 5.32 Å². The molecule has 1 N–H and O–H groups in total. The number of carbonyl (C=O) groups excluding carboxylic acids is 1. The molecule has 11 heavy (non-hydrogen) atoms. The summed E-state index contributed by atoms with van der Waals surface area (Å²) in [5.41, 5.74) is 1.03. The molecule has 0 aromatic heterocycles. The van der Waals surface area contributed by atoms with Crippen molar-refractivity contribution in [3.63, 3.8) is 0 Å². The van der Waals surface area contributed by atoms with E-state index in [4.69, 9.17) is 0 Å². The molecule has 64 valence electrons. The first-order valence-corrected chi connectivity index (χ1v) is 4.01. The van der Waals surface area contributed by atoms with Gasteiger partial charge in [-0.2, -0.15) is 0 Å². The third kappa shape index (κ3) is 5.64. The van der Waals surface area contributed by atoms with Crippen molar-refractivity contribution < 1.29 is 4.79 Å². The minimum absolute atomic E-state index is 0.0133. The van der Waals surface area contributed by atoms with Crippen LogP contribution in [0.3, 0.4) is 0 Å². The highest BCUT2D eigenvalue weighted by Gasteiger charge is 2.00. The number of carbonyl (C=O) groups is 1. The zero-order valence-corrected chi connectivity index (χ0v) is 7.77. The number of nitrogens with one attached hydrogen (secondary N) is 1. The van der Waals surface area contributed by atoms with Crippen LogP contribution in [0, 0.1) is 0 Å². The first-order chi connectivity index (χ1) is 5.06. The Kier molecular flexibility index (Phi) is 4.59. The maximum absolute atomic E-state index is 11.0. The van der Waals surface area contributed by atoms with Gasteiger partial charge in [-0.1, -0.05) is 12.5 Å². The fourth-order valence-electron chi connectivity index (χ4n) is 0.649. The highest BCUT2D eigenvalue weighted by molar-refractivity contribution is 5.88. The van der Waals surface area contributed by atoms with E-state index in [0.717, 1.165) is 12.0 Å². The van der Waals surface area contributed by atoms with Crippen molar-refractivity contribution in [1.82, 2.24) is 5.32 Å². The first kappa shape index (κ1) is 10.2. The van der Waals surface area contributed by atoms with Gasteiger partial charge in [-0.15, -0.1) is 0 Å². The fraction of sp³-hybridized carbons (Fsp3) is 0.667. The molecule has 0 spiro atoms. The Labute approximate surface area is 68.7 Å². The summed E-state index contributed by atoms with van der Waals surface area (Å²) in [6.45, 7) is 7.87. The van der Waals surface area contributed by atoms with Crippen molar-refractivity contribution in [2.75, 3.05) is 0 Å². The van der Waals surface area contributed by atoms with Gasteiger partial charge in [0.15, 0.2) is 0 Å². The molecule has 0 aliphatic carbocycles. The van der Waals surface area contributed by atoms with Crippen molar-refractivity contribution in [3.05, 3.63) is 11.6 Å². The lowest BCUT2D eigenvalue weighted by molar-refractivity contribution is -0.117. The van der Waals surface area contributed by atoms with E-state index in [-0.39, 0.29) is 11.9 Å². The van der Waals surface area contributed by atoms with Crippen molar-refractivity contribution >= 4 is 5.91 Å². The van der Waals surface area contributed by atoms with E-state index in [1.54, 1.807) is 6.08 Å².